The summed E-state index contributed by atoms with van der Waals surface area (Å²) >= 11 is 6.69. The molecule has 18 heteroatoms. The Morgan fingerprint density at radius 1 is 0.872 bits per heavy atom. The first-order chi connectivity index (χ1) is 22.2. The molecule has 0 aliphatic rings. The minimum absolute atomic E-state index is 0.00560. The molecular weight excluding hydrogens is 680 g/mol. The number of carbonyl (C=O) groups is 2. The standard InChI is InChI=1S/C29H24ClF6N5O5S/c1-44-21-9-15(10-22(45-2)25(21)46-3)26(43)37-13-23-39-40-27(41(23)18-6-4-5-16(11-18)28(31,32)33)47-14-24(42)38-20-12-17(29(34,35)36)7-8-19(20)30/h4-12H,13-14H2,1-3H3,(H,37,43)(H,38,42). The zero-order chi connectivity index (χ0) is 34.5. The van der Waals surface area contributed by atoms with E-state index in [9.17, 15) is 35.9 Å². The van der Waals surface area contributed by atoms with Crippen LogP contribution in [0.5, 0.6) is 17.2 Å². The molecule has 0 saturated heterocycles. The second-order valence-electron chi connectivity index (χ2n) is 9.41. The molecule has 0 bridgehead atoms. The predicted molar refractivity (Wildman–Crippen MR) is 159 cm³/mol. The van der Waals surface area contributed by atoms with Crippen LogP contribution in [-0.4, -0.2) is 53.7 Å². The van der Waals surface area contributed by atoms with E-state index in [0.717, 1.165) is 42.1 Å². The first-order valence-corrected chi connectivity index (χ1v) is 14.5. The van der Waals surface area contributed by atoms with Crippen LogP contribution < -0.4 is 24.8 Å². The highest BCUT2D eigenvalue weighted by molar-refractivity contribution is 7.99. The Labute approximate surface area is 272 Å². The van der Waals surface area contributed by atoms with Crippen LogP contribution in [0, 0.1) is 0 Å². The van der Waals surface area contributed by atoms with Gasteiger partial charge in [0.2, 0.25) is 11.7 Å². The quantitative estimate of drug-likeness (QED) is 0.132. The molecule has 0 atom stereocenters. The summed E-state index contributed by atoms with van der Waals surface area (Å²) in [5, 5.41) is 12.7. The van der Waals surface area contributed by atoms with Crippen molar-refractivity contribution >= 4 is 40.9 Å². The van der Waals surface area contributed by atoms with Gasteiger partial charge in [0.25, 0.3) is 5.91 Å². The third-order valence-electron chi connectivity index (χ3n) is 6.37. The number of nitrogens with one attached hydrogen (secondary N) is 2. The molecule has 47 heavy (non-hydrogen) atoms. The fraction of sp³-hybridized carbons (Fsp3) is 0.241. The van der Waals surface area contributed by atoms with E-state index in [0.29, 0.717) is 6.07 Å². The molecule has 1 aromatic heterocycles. The largest absolute Gasteiger partial charge is 0.493 e. The zero-order valence-electron chi connectivity index (χ0n) is 24.5. The third kappa shape index (κ3) is 8.40. The fourth-order valence-corrected chi connectivity index (χ4v) is 5.11. The number of amides is 2. The van der Waals surface area contributed by atoms with Crippen LogP contribution in [0.3, 0.4) is 0 Å². The molecule has 0 saturated carbocycles. The number of ether oxygens (including phenoxy) is 3. The number of hydrogen-bond acceptors (Lipinski definition) is 8. The van der Waals surface area contributed by atoms with Crippen molar-refractivity contribution < 1.29 is 50.1 Å². The van der Waals surface area contributed by atoms with Gasteiger partial charge < -0.3 is 24.8 Å². The van der Waals surface area contributed by atoms with Gasteiger partial charge in [0.05, 0.1) is 61.2 Å². The van der Waals surface area contributed by atoms with E-state index in [4.69, 9.17) is 25.8 Å². The number of hydrogen-bond donors (Lipinski definition) is 2. The lowest BCUT2D eigenvalue weighted by molar-refractivity contribution is -0.138. The summed E-state index contributed by atoms with van der Waals surface area (Å²) in [5.74, 6) is -1.21. The smallest absolute Gasteiger partial charge is 0.416 e. The Bertz CT molecular complexity index is 1760. The maximum atomic E-state index is 13.6. The lowest BCUT2D eigenvalue weighted by Gasteiger charge is -2.15. The molecule has 0 fully saturated rings. The van der Waals surface area contributed by atoms with Crippen molar-refractivity contribution in [1.29, 1.82) is 0 Å². The molecule has 0 aliphatic heterocycles. The third-order valence-corrected chi connectivity index (χ3v) is 7.62. The molecule has 250 valence electrons. The number of anilines is 1. The van der Waals surface area contributed by atoms with E-state index in [1.807, 2.05) is 0 Å². The van der Waals surface area contributed by atoms with Crippen LogP contribution >= 0.6 is 23.4 Å². The fourth-order valence-electron chi connectivity index (χ4n) is 4.18. The van der Waals surface area contributed by atoms with Crippen molar-refractivity contribution in [2.24, 2.45) is 0 Å². The molecule has 0 spiro atoms. The number of thioether (sulfide) groups is 1. The average molecular weight is 704 g/mol. The second-order valence-corrected chi connectivity index (χ2v) is 10.8. The monoisotopic (exact) mass is 703 g/mol. The van der Waals surface area contributed by atoms with E-state index >= 15 is 0 Å². The molecule has 0 radical (unpaired) electrons. The topological polar surface area (TPSA) is 117 Å². The molecule has 10 nitrogen and oxygen atoms in total. The van der Waals surface area contributed by atoms with Gasteiger partial charge >= 0.3 is 12.4 Å². The Morgan fingerprint density at radius 3 is 2.11 bits per heavy atom. The van der Waals surface area contributed by atoms with Crippen molar-refractivity contribution in [3.63, 3.8) is 0 Å². The lowest BCUT2D eigenvalue weighted by atomic mass is 10.1. The lowest BCUT2D eigenvalue weighted by Crippen LogP contribution is -2.25. The average Bonchev–Trinajstić information content (AvgIpc) is 3.44. The van der Waals surface area contributed by atoms with E-state index in [1.165, 1.54) is 44.1 Å². The molecule has 0 unspecified atom stereocenters. The summed E-state index contributed by atoms with van der Waals surface area (Å²) in [4.78, 5) is 25.8. The number of carbonyl (C=O) groups excluding carboxylic acids is 2. The highest BCUT2D eigenvalue weighted by Gasteiger charge is 2.32. The molecule has 4 rings (SSSR count). The zero-order valence-corrected chi connectivity index (χ0v) is 26.1. The summed E-state index contributed by atoms with van der Waals surface area (Å²) in [5.41, 5.74) is -2.24. The van der Waals surface area contributed by atoms with E-state index in [1.54, 1.807) is 0 Å². The summed E-state index contributed by atoms with van der Waals surface area (Å²) < 4.78 is 97.1. The van der Waals surface area contributed by atoms with E-state index < -0.39 is 41.0 Å². The molecule has 4 aromatic rings. The van der Waals surface area contributed by atoms with Gasteiger partial charge in [0.1, 0.15) is 0 Å². The van der Waals surface area contributed by atoms with Gasteiger partial charge in [-0.2, -0.15) is 26.3 Å². The van der Waals surface area contributed by atoms with Gasteiger partial charge in [-0.25, -0.2) is 0 Å². The van der Waals surface area contributed by atoms with Crippen LogP contribution in [-0.2, 0) is 23.7 Å². The van der Waals surface area contributed by atoms with Crippen LogP contribution in [0.15, 0.2) is 59.8 Å². The number of aromatic nitrogens is 3. The maximum Gasteiger partial charge on any atom is 0.416 e. The van der Waals surface area contributed by atoms with Gasteiger partial charge in [0.15, 0.2) is 22.5 Å². The Balaban J connectivity index is 1.60. The number of nitrogens with zero attached hydrogens (tertiary/aromatic N) is 3. The van der Waals surface area contributed by atoms with Crippen LogP contribution in [0.2, 0.25) is 5.02 Å². The van der Waals surface area contributed by atoms with Crippen LogP contribution in [0.4, 0.5) is 32.0 Å². The number of alkyl halides is 6. The molecule has 0 aliphatic carbocycles. The number of methoxy groups -OCH3 is 3. The van der Waals surface area contributed by atoms with E-state index in [-0.39, 0.29) is 56.7 Å². The highest BCUT2D eigenvalue weighted by atomic mass is 35.5. The minimum Gasteiger partial charge on any atom is -0.493 e. The van der Waals surface area contributed by atoms with Crippen LogP contribution in [0.1, 0.15) is 27.3 Å². The van der Waals surface area contributed by atoms with Gasteiger partial charge in [-0.15, -0.1) is 10.2 Å². The molecule has 1 heterocycles. The summed E-state index contributed by atoms with van der Waals surface area (Å²) in [6, 6.07) is 9.39. The molecule has 3 aromatic carbocycles. The molecule has 2 N–H and O–H groups in total. The SMILES string of the molecule is COc1cc(C(=O)NCc2nnc(SCC(=O)Nc3cc(C(F)(F)F)ccc3Cl)n2-c2cccc(C(F)(F)F)c2)cc(OC)c1OC. The first-order valence-electron chi connectivity index (χ1n) is 13.2. The van der Waals surface area contributed by atoms with Crippen molar-refractivity contribution in [2.45, 2.75) is 24.1 Å². The number of halogens is 7. The second kappa shape index (κ2) is 14.4. The predicted octanol–water partition coefficient (Wildman–Crippen LogP) is 6.64. The van der Waals surface area contributed by atoms with Crippen LogP contribution in [0.25, 0.3) is 5.69 Å². The first kappa shape index (κ1) is 35.2. The minimum atomic E-state index is -4.69. The summed E-state index contributed by atoms with van der Waals surface area (Å²) in [7, 11) is 4.12. The van der Waals surface area contributed by atoms with Gasteiger partial charge in [-0.3, -0.25) is 14.2 Å². The molecule has 2 amide bonds. The van der Waals surface area contributed by atoms with Crippen molar-refractivity contribution in [3.05, 3.63) is 82.1 Å². The van der Waals surface area contributed by atoms with Gasteiger partial charge in [0, 0.05) is 5.56 Å². The van der Waals surface area contributed by atoms with E-state index in [2.05, 4.69) is 20.8 Å². The number of benzene rings is 3. The summed E-state index contributed by atoms with van der Waals surface area (Å²) in [6.45, 7) is -0.328. The normalized spacial score (nSPS) is 11.6. The van der Waals surface area contributed by atoms with Gasteiger partial charge in [-0.1, -0.05) is 29.4 Å². The Kier molecular flexibility index (Phi) is 10.8. The Morgan fingerprint density at radius 2 is 1.51 bits per heavy atom. The number of rotatable bonds is 11. The van der Waals surface area contributed by atoms with Crippen molar-refractivity contribution in [1.82, 2.24) is 20.1 Å². The van der Waals surface area contributed by atoms with Crippen molar-refractivity contribution in [2.75, 3.05) is 32.4 Å². The Hall–Kier alpha value is -4.64. The maximum absolute atomic E-state index is 13.6. The molecular formula is C29H24ClF6N5O5S. The van der Waals surface area contributed by atoms with Gasteiger partial charge in [-0.05, 0) is 48.5 Å². The van der Waals surface area contributed by atoms with Crippen molar-refractivity contribution in [3.8, 4) is 22.9 Å². The highest BCUT2D eigenvalue weighted by Crippen LogP contribution is 2.38. The summed E-state index contributed by atoms with van der Waals surface area (Å²) in [6.07, 6.45) is -9.38.